The van der Waals surface area contributed by atoms with Gasteiger partial charge in [-0.3, -0.25) is 9.59 Å². The smallest absolute Gasteiger partial charge is 0.225 e. The van der Waals surface area contributed by atoms with Gasteiger partial charge >= 0.3 is 0 Å². The van der Waals surface area contributed by atoms with E-state index in [-0.39, 0.29) is 11.8 Å². The van der Waals surface area contributed by atoms with Crippen LogP contribution in [0.4, 0.5) is 0 Å². The van der Waals surface area contributed by atoms with Crippen LogP contribution < -0.4 is 9.47 Å². The molecule has 1 heterocycles. The summed E-state index contributed by atoms with van der Waals surface area (Å²) in [7, 11) is 3.20. The molecule has 0 unspecified atom stereocenters. The van der Waals surface area contributed by atoms with E-state index in [4.69, 9.17) is 14.2 Å². The van der Waals surface area contributed by atoms with Crippen LogP contribution >= 0.6 is 0 Å². The molecule has 0 radical (unpaired) electrons. The number of nitrogens with zero attached hydrogens (tertiary/aromatic N) is 2. The third kappa shape index (κ3) is 6.13. The number of benzene rings is 1. The quantitative estimate of drug-likeness (QED) is 0.655. The summed E-state index contributed by atoms with van der Waals surface area (Å²) in [6.07, 6.45) is 1.48. The Balaban J connectivity index is 1.80. The number of carbonyl (C=O) groups is 2. The van der Waals surface area contributed by atoms with Crippen molar-refractivity contribution in [3.05, 3.63) is 23.8 Å². The first kappa shape index (κ1) is 21.0. The van der Waals surface area contributed by atoms with Gasteiger partial charge in [-0.05, 0) is 31.0 Å². The number of piperazine rings is 1. The van der Waals surface area contributed by atoms with Crippen LogP contribution in [0.2, 0.25) is 0 Å². The monoisotopic (exact) mass is 378 g/mol. The van der Waals surface area contributed by atoms with E-state index in [0.29, 0.717) is 70.2 Å². The fourth-order valence-electron chi connectivity index (χ4n) is 3.10. The Labute approximate surface area is 161 Å². The van der Waals surface area contributed by atoms with Gasteiger partial charge in [0.05, 0.1) is 26.7 Å². The molecular formula is C20H30N2O5. The molecule has 1 fully saturated rings. The molecule has 0 bridgehead atoms. The lowest BCUT2D eigenvalue weighted by molar-refractivity contribution is -0.140. The van der Waals surface area contributed by atoms with Gasteiger partial charge in [-0.15, -0.1) is 0 Å². The molecule has 1 aromatic rings. The molecule has 1 saturated heterocycles. The number of carbonyl (C=O) groups excluding carboxylic acids is 2. The largest absolute Gasteiger partial charge is 0.493 e. The average Bonchev–Trinajstić information content (AvgIpc) is 2.71. The normalized spacial score (nSPS) is 14.2. The maximum absolute atomic E-state index is 12.5. The minimum atomic E-state index is 0.0884. The highest BCUT2D eigenvalue weighted by atomic mass is 16.5. The predicted molar refractivity (Wildman–Crippen MR) is 102 cm³/mol. The highest BCUT2D eigenvalue weighted by molar-refractivity contribution is 5.78. The van der Waals surface area contributed by atoms with Crippen molar-refractivity contribution in [2.75, 3.05) is 53.6 Å². The molecule has 1 aromatic carbocycles. The van der Waals surface area contributed by atoms with Crippen LogP contribution in [0.1, 0.15) is 25.3 Å². The number of hydrogen-bond donors (Lipinski definition) is 0. The summed E-state index contributed by atoms with van der Waals surface area (Å²) in [4.78, 5) is 28.1. The summed E-state index contributed by atoms with van der Waals surface area (Å²) >= 11 is 0. The Morgan fingerprint density at radius 3 is 2.15 bits per heavy atom. The molecule has 27 heavy (non-hydrogen) atoms. The summed E-state index contributed by atoms with van der Waals surface area (Å²) in [5, 5.41) is 0. The molecular weight excluding hydrogens is 348 g/mol. The maximum atomic E-state index is 12.5. The Morgan fingerprint density at radius 1 is 0.963 bits per heavy atom. The topological polar surface area (TPSA) is 68.3 Å². The first-order valence-electron chi connectivity index (χ1n) is 9.43. The molecule has 1 aliphatic heterocycles. The van der Waals surface area contributed by atoms with Gasteiger partial charge in [0, 0.05) is 39.7 Å². The van der Waals surface area contributed by atoms with Crippen LogP contribution in [0.15, 0.2) is 18.2 Å². The van der Waals surface area contributed by atoms with Crippen molar-refractivity contribution >= 4 is 11.8 Å². The Kier molecular flexibility index (Phi) is 8.39. The molecule has 1 aliphatic rings. The van der Waals surface area contributed by atoms with Crippen molar-refractivity contribution in [3.63, 3.8) is 0 Å². The predicted octanol–water partition coefficient (Wildman–Crippen LogP) is 1.73. The first-order chi connectivity index (χ1) is 13.1. The molecule has 2 amide bonds. The molecule has 0 aliphatic carbocycles. The lowest BCUT2D eigenvalue weighted by Gasteiger charge is -2.35. The standard InChI is InChI=1S/C20H30N2O5/c1-4-27-17-7-5-16(15-18(17)26-3)6-8-19(23)21-10-12-22(13-11-21)20(24)9-14-25-2/h5,7,15H,4,6,8-14H2,1-3H3. The highest BCUT2D eigenvalue weighted by Gasteiger charge is 2.23. The van der Waals surface area contributed by atoms with Crippen molar-refractivity contribution in [1.82, 2.24) is 9.80 Å². The van der Waals surface area contributed by atoms with Crippen LogP contribution in [-0.2, 0) is 20.7 Å². The van der Waals surface area contributed by atoms with Crippen LogP contribution in [0.5, 0.6) is 11.5 Å². The molecule has 0 N–H and O–H groups in total. The van der Waals surface area contributed by atoms with Crippen molar-refractivity contribution in [2.24, 2.45) is 0 Å². The third-order valence-corrected chi connectivity index (χ3v) is 4.66. The van der Waals surface area contributed by atoms with Crippen molar-refractivity contribution in [3.8, 4) is 11.5 Å². The van der Waals surface area contributed by atoms with Gasteiger partial charge in [-0.2, -0.15) is 0 Å². The Hall–Kier alpha value is -2.28. The van der Waals surface area contributed by atoms with E-state index in [2.05, 4.69) is 0 Å². The summed E-state index contributed by atoms with van der Waals surface area (Å²) in [5.41, 5.74) is 1.04. The van der Waals surface area contributed by atoms with Crippen LogP contribution in [0.3, 0.4) is 0 Å². The van der Waals surface area contributed by atoms with Gasteiger partial charge in [0.1, 0.15) is 0 Å². The lowest BCUT2D eigenvalue weighted by Crippen LogP contribution is -2.50. The molecule has 0 spiro atoms. The summed E-state index contributed by atoms with van der Waals surface area (Å²) < 4.78 is 15.8. The van der Waals surface area contributed by atoms with Gasteiger partial charge in [0.25, 0.3) is 0 Å². The molecule has 150 valence electrons. The van der Waals surface area contributed by atoms with Crippen LogP contribution in [0, 0.1) is 0 Å². The first-order valence-corrected chi connectivity index (χ1v) is 9.43. The van der Waals surface area contributed by atoms with Gasteiger partial charge < -0.3 is 24.0 Å². The minimum Gasteiger partial charge on any atom is -0.493 e. The van der Waals surface area contributed by atoms with E-state index < -0.39 is 0 Å². The second-order valence-corrected chi connectivity index (χ2v) is 6.42. The van der Waals surface area contributed by atoms with E-state index >= 15 is 0 Å². The van der Waals surface area contributed by atoms with Gasteiger partial charge in [0.2, 0.25) is 11.8 Å². The van der Waals surface area contributed by atoms with E-state index in [0.717, 1.165) is 5.56 Å². The molecule has 0 saturated carbocycles. The molecule has 7 heteroatoms. The summed E-state index contributed by atoms with van der Waals surface area (Å²) in [5.74, 6) is 1.60. The maximum Gasteiger partial charge on any atom is 0.225 e. The zero-order chi connectivity index (χ0) is 19.6. The second-order valence-electron chi connectivity index (χ2n) is 6.42. The zero-order valence-electron chi connectivity index (χ0n) is 16.5. The minimum absolute atomic E-state index is 0.0884. The second kappa shape index (κ2) is 10.8. The van der Waals surface area contributed by atoms with Gasteiger partial charge in [-0.25, -0.2) is 0 Å². The van der Waals surface area contributed by atoms with E-state index in [1.165, 1.54) is 0 Å². The molecule has 0 aromatic heterocycles. The van der Waals surface area contributed by atoms with Gasteiger partial charge in [0.15, 0.2) is 11.5 Å². The summed E-state index contributed by atoms with van der Waals surface area (Å²) in [6.45, 7) is 5.29. The highest BCUT2D eigenvalue weighted by Crippen LogP contribution is 2.28. The Morgan fingerprint density at radius 2 is 1.59 bits per heavy atom. The number of methoxy groups -OCH3 is 2. The number of amides is 2. The van der Waals surface area contributed by atoms with E-state index in [1.807, 2.05) is 30.0 Å². The number of hydrogen-bond acceptors (Lipinski definition) is 5. The van der Waals surface area contributed by atoms with Crippen LogP contribution in [0.25, 0.3) is 0 Å². The molecule has 0 atom stereocenters. The SMILES string of the molecule is CCOc1ccc(CCC(=O)N2CCN(C(=O)CCOC)CC2)cc1OC. The van der Waals surface area contributed by atoms with Crippen molar-refractivity contribution in [2.45, 2.75) is 26.2 Å². The van der Waals surface area contributed by atoms with Crippen molar-refractivity contribution < 1.29 is 23.8 Å². The fraction of sp³-hybridized carbons (Fsp3) is 0.600. The van der Waals surface area contributed by atoms with Crippen LogP contribution in [-0.4, -0.2) is 75.2 Å². The third-order valence-electron chi connectivity index (χ3n) is 4.66. The van der Waals surface area contributed by atoms with Gasteiger partial charge in [-0.1, -0.05) is 6.07 Å². The fourth-order valence-corrected chi connectivity index (χ4v) is 3.10. The average molecular weight is 378 g/mol. The molecule has 2 rings (SSSR count). The molecule has 7 nitrogen and oxygen atoms in total. The zero-order valence-corrected chi connectivity index (χ0v) is 16.5. The van der Waals surface area contributed by atoms with Crippen molar-refractivity contribution in [1.29, 1.82) is 0 Å². The lowest BCUT2D eigenvalue weighted by atomic mass is 10.1. The number of rotatable bonds is 9. The summed E-state index contributed by atoms with van der Waals surface area (Å²) in [6, 6.07) is 5.77. The van der Waals surface area contributed by atoms with E-state index in [1.54, 1.807) is 19.1 Å². The number of ether oxygens (including phenoxy) is 3. The van der Waals surface area contributed by atoms with E-state index in [9.17, 15) is 9.59 Å². The number of aryl methyl sites for hydroxylation is 1. The Bertz CT molecular complexity index is 627.